The zero-order valence-corrected chi connectivity index (χ0v) is 11.2. The number of likely N-dealkylation sites (N-methyl/N-ethyl adjacent to an activating group) is 1. The van der Waals surface area contributed by atoms with Crippen LogP contribution in [0.1, 0.15) is 36.5 Å². The van der Waals surface area contributed by atoms with Crippen LogP contribution in [0.4, 0.5) is 0 Å². The molecule has 0 saturated carbocycles. The van der Waals surface area contributed by atoms with Crippen molar-refractivity contribution in [3.8, 4) is 0 Å². The molecule has 0 bridgehead atoms. The minimum absolute atomic E-state index is 0.199. The normalized spacial score (nSPS) is 20.2. The standard InChI is InChI=1S/C16H23NO/c1-3-4-5-10-15(17-2)16-14-9-7-6-8-13(14)11-12-18-16/h3,6-9,15-17H,1,4-5,10-12H2,2H3. The van der Waals surface area contributed by atoms with Gasteiger partial charge in [0.15, 0.2) is 0 Å². The monoisotopic (exact) mass is 245 g/mol. The fraction of sp³-hybridized carbons (Fsp3) is 0.500. The molecule has 1 aliphatic heterocycles. The Morgan fingerprint density at radius 3 is 3.11 bits per heavy atom. The Hall–Kier alpha value is -1.12. The number of nitrogens with one attached hydrogen (secondary N) is 1. The molecule has 0 aromatic heterocycles. The number of unbranched alkanes of at least 4 members (excludes halogenated alkanes) is 1. The van der Waals surface area contributed by atoms with E-state index in [0.717, 1.165) is 32.3 Å². The van der Waals surface area contributed by atoms with Crippen molar-refractivity contribution in [2.24, 2.45) is 0 Å². The summed E-state index contributed by atoms with van der Waals surface area (Å²) >= 11 is 0. The van der Waals surface area contributed by atoms with Gasteiger partial charge in [-0.1, -0.05) is 30.3 Å². The van der Waals surface area contributed by atoms with E-state index in [2.05, 4.69) is 36.2 Å². The maximum atomic E-state index is 6.00. The Labute approximate surface area is 110 Å². The highest BCUT2D eigenvalue weighted by Crippen LogP contribution is 2.31. The van der Waals surface area contributed by atoms with E-state index in [1.54, 1.807) is 0 Å². The van der Waals surface area contributed by atoms with Crippen LogP contribution in [0.5, 0.6) is 0 Å². The van der Waals surface area contributed by atoms with Crippen LogP contribution in [-0.4, -0.2) is 19.7 Å². The number of allylic oxidation sites excluding steroid dienone is 1. The van der Waals surface area contributed by atoms with Crippen molar-refractivity contribution < 1.29 is 4.74 Å². The van der Waals surface area contributed by atoms with Crippen LogP contribution in [0.2, 0.25) is 0 Å². The molecule has 1 N–H and O–H groups in total. The lowest BCUT2D eigenvalue weighted by molar-refractivity contribution is 0.0147. The van der Waals surface area contributed by atoms with Crippen molar-refractivity contribution in [3.63, 3.8) is 0 Å². The van der Waals surface area contributed by atoms with Gasteiger partial charge in [-0.2, -0.15) is 0 Å². The quantitative estimate of drug-likeness (QED) is 0.613. The van der Waals surface area contributed by atoms with Gasteiger partial charge in [0.2, 0.25) is 0 Å². The molecule has 0 spiro atoms. The van der Waals surface area contributed by atoms with E-state index in [1.165, 1.54) is 11.1 Å². The summed E-state index contributed by atoms with van der Waals surface area (Å²) in [6, 6.07) is 9.05. The fourth-order valence-corrected chi connectivity index (χ4v) is 2.69. The van der Waals surface area contributed by atoms with Crippen LogP contribution in [0.3, 0.4) is 0 Å². The van der Waals surface area contributed by atoms with Gasteiger partial charge < -0.3 is 10.1 Å². The van der Waals surface area contributed by atoms with Crippen LogP contribution in [0.25, 0.3) is 0 Å². The molecule has 2 unspecified atom stereocenters. The van der Waals surface area contributed by atoms with E-state index in [-0.39, 0.29) is 6.10 Å². The zero-order chi connectivity index (χ0) is 12.8. The maximum absolute atomic E-state index is 6.00. The summed E-state index contributed by atoms with van der Waals surface area (Å²) in [5.74, 6) is 0. The molecule has 2 rings (SSSR count). The minimum atomic E-state index is 0.199. The summed E-state index contributed by atoms with van der Waals surface area (Å²) in [7, 11) is 2.03. The summed E-state index contributed by atoms with van der Waals surface area (Å²) in [6.45, 7) is 4.61. The van der Waals surface area contributed by atoms with E-state index in [9.17, 15) is 0 Å². The summed E-state index contributed by atoms with van der Waals surface area (Å²) in [5.41, 5.74) is 2.81. The first-order valence-electron chi connectivity index (χ1n) is 6.84. The first-order chi connectivity index (χ1) is 8.86. The maximum Gasteiger partial charge on any atom is 0.0980 e. The molecule has 2 nitrogen and oxygen atoms in total. The van der Waals surface area contributed by atoms with Crippen molar-refractivity contribution in [3.05, 3.63) is 48.0 Å². The number of rotatable bonds is 6. The second kappa shape index (κ2) is 6.72. The zero-order valence-electron chi connectivity index (χ0n) is 11.2. The largest absolute Gasteiger partial charge is 0.372 e. The molecule has 2 heteroatoms. The summed E-state index contributed by atoms with van der Waals surface area (Å²) < 4.78 is 6.00. The highest BCUT2D eigenvalue weighted by molar-refractivity contribution is 5.31. The van der Waals surface area contributed by atoms with Gasteiger partial charge >= 0.3 is 0 Å². The van der Waals surface area contributed by atoms with Crippen molar-refractivity contribution in [2.45, 2.75) is 37.8 Å². The lowest BCUT2D eigenvalue weighted by Gasteiger charge is -2.32. The highest BCUT2D eigenvalue weighted by Gasteiger charge is 2.27. The number of ether oxygens (including phenoxy) is 1. The van der Waals surface area contributed by atoms with Crippen LogP contribution in [-0.2, 0) is 11.2 Å². The third-order valence-corrected chi connectivity index (χ3v) is 3.69. The number of hydrogen-bond donors (Lipinski definition) is 1. The Morgan fingerprint density at radius 2 is 2.33 bits per heavy atom. The molecule has 0 aliphatic carbocycles. The van der Waals surface area contributed by atoms with Crippen molar-refractivity contribution in [2.75, 3.05) is 13.7 Å². The molecule has 1 aliphatic rings. The molecule has 0 amide bonds. The lowest BCUT2D eigenvalue weighted by atomic mass is 9.91. The molecule has 0 fully saturated rings. The van der Waals surface area contributed by atoms with Gasteiger partial charge in [-0.05, 0) is 43.9 Å². The molecule has 1 aromatic carbocycles. The highest BCUT2D eigenvalue weighted by atomic mass is 16.5. The van der Waals surface area contributed by atoms with Gasteiger partial charge in [-0.25, -0.2) is 0 Å². The predicted octanol–water partition coefficient (Wildman–Crippen LogP) is 3.24. The second-order valence-electron chi connectivity index (χ2n) is 4.85. The average molecular weight is 245 g/mol. The third kappa shape index (κ3) is 3.01. The molecule has 0 saturated heterocycles. The average Bonchev–Trinajstić information content (AvgIpc) is 2.43. The van der Waals surface area contributed by atoms with Crippen molar-refractivity contribution in [1.82, 2.24) is 5.32 Å². The Balaban J connectivity index is 2.09. The predicted molar refractivity (Wildman–Crippen MR) is 75.7 cm³/mol. The molecule has 0 radical (unpaired) electrons. The number of fused-ring (bicyclic) bond motifs is 1. The van der Waals surface area contributed by atoms with E-state index < -0.39 is 0 Å². The van der Waals surface area contributed by atoms with E-state index in [0.29, 0.717) is 6.04 Å². The Kier molecular flexibility index (Phi) is 4.97. The molecular formula is C16H23NO. The molecule has 98 valence electrons. The SMILES string of the molecule is C=CCCCC(NC)C1OCCc2ccccc21. The van der Waals surface area contributed by atoms with Gasteiger partial charge in [0.25, 0.3) is 0 Å². The molecule has 18 heavy (non-hydrogen) atoms. The first-order valence-corrected chi connectivity index (χ1v) is 6.84. The smallest absolute Gasteiger partial charge is 0.0980 e. The fourth-order valence-electron chi connectivity index (χ4n) is 2.69. The molecule has 1 heterocycles. The third-order valence-electron chi connectivity index (χ3n) is 3.69. The van der Waals surface area contributed by atoms with Crippen molar-refractivity contribution in [1.29, 1.82) is 0 Å². The Bertz CT molecular complexity index is 388. The van der Waals surface area contributed by atoms with Crippen LogP contribution in [0, 0.1) is 0 Å². The Morgan fingerprint density at radius 1 is 1.50 bits per heavy atom. The van der Waals surface area contributed by atoms with Gasteiger partial charge in [-0.15, -0.1) is 6.58 Å². The van der Waals surface area contributed by atoms with E-state index >= 15 is 0 Å². The molecule has 2 atom stereocenters. The van der Waals surface area contributed by atoms with Gasteiger partial charge in [0.1, 0.15) is 0 Å². The van der Waals surface area contributed by atoms with Gasteiger partial charge in [0, 0.05) is 6.04 Å². The van der Waals surface area contributed by atoms with E-state index in [1.807, 2.05) is 13.1 Å². The van der Waals surface area contributed by atoms with Crippen LogP contribution < -0.4 is 5.32 Å². The topological polar surface area (TPSA) is 21.3 Å². The van der Waals surface area contributed by atoms with Crippen LogP contribution in [0.15, 0.2) is 36.9 Å². The summed E-state index contributed by atoms with van der Waals surface area (Å²) in [4.78, 5) is 0. The van der Waals surface area contributed by atoms with Gasteiger partial charge in [-0.3, -0.25) is 0 Å². The van der Waals surface area contributed by atoms with Crippen LogP contribution >= 0.6 is 0 Å². The lowest BCUT2D eigenvalue weighted by Crippen LogP contribution is -2.36. The van der Waals surface area contributed by atoms with Gasteiger partial charge in [0.05, 0.1) is 12.7 Å². The summed E-state index contributed by atoms with van der Waals surface area (Å²) in [6.07, 6.45) is 6.59. The minimum Gasteiger partial charge on any atom is -0.372 e. The summed E-state index contributed by atoms with van der Waals surface area (Å²) in [5, 5.41) is 3.41. The second-order valence-corrected chi connectivity index (χ2v) is 4.85. The number of benzene rings is 1. The van der Waals surface area contributed by atoms with E-state index in [4.69, 9.17) is 4.74 Å². The molecule has 1 aromatic rings. The first kappa shape index (κ1) is 13.3. The van der Waals surface area contributed by atoms with Crippen molar-refractivity contribution >= 4 is 0 Å². The number of hydrogen-bond acceptors (Lipinski definition) is 2. The molecular weight excluding hydrogens is 222 g/mol.